The third-order valence-corrected chi connectivity index (χ3v) is 3.86. The molecule has 0 atom stereocenters. The number of carbonyl (C=O) groups excluding carboxylic acids is 2. The molecule has 1 aliphatic heterocycles. The van der Waals surface area contributed by atoms with E-state index in [0.29, 0.717) is 12.1 Å². The molecule has 0 radical (unpaired) electrons. The SMILES string of the molecule is CC1=C(C)CN(C(=O)CCC(=O)c2cnn(C)c2)CC1. The van der Waals surface area contributed by atoms with E-state index in [1.54, 1.807) is 24.1 Å². The van der Waals surface area contributed by atoms with E-state index in [1.807, 2.05) is 4.90 Å². The number of carbonyl (C=O) groups is 2. The third kappa shape index (κ3) is 3.35. The zero-order chi connectivity index (χ0) is 14.7. The average Bonchev–Trinajstić information content (AvgIpc) is 2.85. The van der Waals surface area contributed by atoms with Crippen LogP contribution in [0.25, 0.3) is 0 Å². The van der Waals surface area contributed by atoms with Crippen molar-refractivity contribution in [3.63, 3.8) is 0 Å². The van der Waals surface area contributed by atoms with Gasteiger partial charge < -0.3 is 4.90 Å². The van der Waals surface area contributed by atoms with Crippen molar-refractivity contribution in [3.8, 4) is 0 Å². The fourth-order valence-electron chi connectivity index (χ4n) is 2.32. The minimum atomic E-state index is -0.0214. The number of aromatic nitrogens is 2. The van der Waals surface area contributed by atoms with Gasteiger partial charge in [-0.1, -0.05) is 11.1 Å². The lowest BCUT2D eigenvalue weighted by Gasteiger charge is -2.28. The van der Waals surface area contributed by atoms with Crippen molar-refractivity contribution < 1.29 is 9.59 Å². The van der Waals surface area contributed by atoms with Crippen molar-refractivity contribution in [1.29, 1.82) is 0 Å². The van der Waals surface area contributed by atoms with Crippen molar-refractivity contribution >= 4 is 11.7 Å². The van der Waals surface area contributed by atoms with Gasteiger partial charge in [0.25, 0.3) is 0 Å². The van der Waals surface area contributed by atoms with Gasteiger partial charge in [-0.3, -0.25) is 14.3 Å². The second kappa shape index (κ2) is 6.03. The van der Waals surface area contributed by atoms with Crippen molar-refractivity contribution in [3.05, 3.63) is 29.1 Å². The molecule has 0 aliphatic carbocycles. The topological polar surface area (TPSA) is 55.2 Å². The van der Waals surface area contributed by atoms with Crippen molar-refractivity contribution in [2.24, 2.45) is 7.05 Å². The molecule has 0 unspecified atom stereocenters. The van der Waals surface area contributed by atoms with Gasteiger partial charge in [0.1, 0.15) is 0 Å². The van der Waals surface area contributed by atoms with Gasteiger partial charge in [-0.25, -0.2) is 0 Å². The normalized spacial score (nSPS) is 15.7. The maximum Gasteiger partial charge on any atom is 0.223 e. The minimum Gasteiger partial charge on any atom is -0.338 e. The smallest absolute Gasteiger partial charge is 0.223 e. The molecule has 2 heterocycles. The summed E-state index contributed by atoms with van der Waals surface area (Å²) in [6.45, 7) is 5.65. The maximum absolute atomic E-state index is 12.1. The van der Waals surface area contributed by atoms with Crippen LogP contribution in [0.4, 0.5) is 0 Å². The van der Waals surface area contributed by atoms with E-state index in [1.165, 1.54) is 11.1 Å². The van der Waals surface area contributed by atoms with E-state index in [0.717, 1.165) is 13.0 Å². The predicted molar refractivity (Wildman–Crippen MR) is 76.3 cm³/mol. The lowest BCUT2D eigenvalue weighted by Crippen LogP contribution is -2.36. The molecule has 1 aromatic heterocycles. The Labute approximate surface area is 119 Å². The van der Waals surface area contributed by atoms with Gasteiger partial charge in [0.2, 0.25) is 5.91 Å². The molecule has 0 aromatic carbocycles. The Morgan fingerprint density at radius 3 is 2.60 bits per heavy atom. The number of rotatable bonds is 4. The molecule has 1 aromatic rings. The molecule has 5 nitrogen and oxygen atoms in total. The predicted octanol–water partition coefficient (Wildman–Crippen LogP) is 1.95. The number of Topliss-reactive ketones (excluding diaryl/α,β-unsaturated/α-hetero) is 1. The fraction of sp³-hybridized carbons (Fsp3) is 0.533. The summed E-state index contributed by atoms with van der Waals surface area (Å²) in [7, 11) is 1.77. The molecule has 2 rings (SSSR count). The highest BCUT2D eigenvalue weighted by molar-refractivity contribution is 5.97. The zero-order valence-corrected chi connectivity index (χ0v) is 12.3. The van der Waals surface area contributed by atoms with E-state index in [9.17, 15) is 9.59 Å². The molecule has 108 valence electrons. The molecule has 0 saturated carbocycles. The molecular formula is C15H21N3O2. The molecule has 0 spiro atoms. The highest BCUT2D eigenvalue weighted by Gasteiger charge is 2.20. The third-order valence-electron chi connectivity index (χ3n) is 3.86. The van der Waals surface area contributed by atoms with Crippen LogP contribution in [0.1, 0.15) is 43.5 Å². The monoisotopic (exact) mass is 275 g/mol. The number of amides is 1. The van der Waals surface area contributed by atoms with Crippen LogP contribution in [-0.2, 0) is 11.8 Å². The number of nitrogens with zero attached hydrogens (tertiary/aromatic N) is 3. The van der Waals surface area contributed by atoms with Crippen LogP contribution in [0.5, 0.6) is 0 Å². The molecular weight excluding hydrogens is 254 g/mol. The molecule has 5 heteroatoms. The van der Waals surface area contributed by atoms with E-state index in [2.05, 4.69) is 18.9 Å². The lowest BCUT2D eigenvalue weighted by atomic mass is 10.0. The van der Waals surface area contributed by atoms with E-state index >= 15 is 0 Å². The molecule has 20 heavy (non-hydrogen) atoms. The van der Waals surface area contributed by atoms with Crippen LogP contribution in [0.2, 0.25) is 0 Å². The Hall–Kier alpha value is -1.91. The summed E-state index contributed by atoms with van der Waals surface area (Å²) in [5.41, 5.74) is 3.22. The number of ketones is 1. The summed E-state index contributed by atoms with van der Waals surface area (Å²) in [6, 6.07) is 0. The largest absolute Gasteiger partial charge is 0.338 e. The minimum absolute atomic E-state index is 0.0214. The van der Waals surface area contributed by atoms with Crippen LogP contribution < -0.4 is 0 Å². The quantitative estimate of drug-likeness (QED) is 0.623. The van der Waals surface area contributed by atoms with Crippen molar-refractivity contribution in [1.82, 2.24) is 14.7 Å². The van der Waals surface area contributed by atoms with Crippen molar-refractivity contribution in [2.75, 3.05) is 13.1 Å². The zero-order valence-electron chi connectivity index (χ0n) is 12.3. The maximum atomic E-state index is 12.1. The second-order valence-electron chi connectivity index (χ2n) is 5.45. The van der Waals surface area contributed by atoms with Gasteiger partial charge in [0.05, 0.1) is 11.8 Å². The van der Waals surface area contributed by atoms with Crippen LogP contribution in [0.3, 0.4) is 0 Å². The van der Waals surface area contributed by atoms with Gasteiger partial charge >= 0.3 is 0 Å². The first-order valence-electron chi connectivity index (χ1n) is 6.92. The lowest BCUT2D eigenvalue weighted by molar-refractivity contribution is -0.131. The molecule has 0 saturated heterocycles. The van der Waals surface area contributed by atoms with E-state index < -0.39 is 0 Å². The van der Waals surface area contributed by atoms with Crippen LogP contribution in [0.15, 0.2) is 23.5 Å². The van der Waals surface area contributed by atoms with Crippen LogP contribution >= 0.6 is 0 Å². The Morgan fingerprint density at radius 1 is 1.25 bits per heavy atom. The summed E-state index contributed by atoms with van der Waals surface area (Å²) in [5.74, 6) is 0.0426. The first kappa shape index (κ1) is 14.5. The van der Waals surface area contributed by atoms with Gasteiger partial charge in [0, 0.05) is 39.2 Å². The molecule has 0 bridgehead atoms. The number of hydrogen-bond acceptors (Lipinski definition) is 3. The first-order valence-corrected chi connectivity index (χ1v) is 6.92. The highest BCUT2D eigenvalue weighted by atomic mass is 16.2. The Morgan fingerprint density at radius 2 is 2.00 bits per heavy atom. The summed E-state index contributed by atoms with van der Waals surface area (Å²) in [5, 5.41) is 3.97. The molecule has 0 fully saturated rings. The molecule has 0 N–H and O–H groups in total. The van der Waals surface area contributed by atoms with Gasteiger partial charge in [-0.2, -0.15) is 5.10 Å². The van der Waals surface area contributed by atoms with Crippen molar-refractivity contribution in [2.45, 2.75) is 33.1 Å². The standard InChI is InChI=1S/C15H21N3O2/c1-11-6-7-18(9-12(11)2)15(20)5-4-14(19)13-8-16-17(3)10-13/h8,10H,4-7,9H2,1-3H3. The Balaban J connectivity index is 1.85. The van der Waals surface area contributed by atoms with Gasteiger partial charge in [0.15, 0.2) is 5.78 Å². The first-order chi connectivity index (χ1) is 9.47. The number of hydrogen-bond donors (Lipinski definition) is 0. The van der Waals surface area contributed by atoms with Gasteiger partial charge in [-0.05, 0) is 20.3 Å². The van der Waals surface area contributed by atoms with Gasteiger partial charge in [-0.15, -0.1) is 0 Å². The van der Waals surface area contributed by atoms with E-state index in [-0.39, 0.29) is 24.5 Å². The molecule has 1 amide bonds. The Kier molecular flexibility index (Phi) is 4.37. The second-order valence-corrected chi connectivity index (χ2v) is 5.45. The Bertz CT molecular complexity index is 557. The summed E-state index contributed by atoms with van der Waals surface area (Å²) < 4.78 is 1.59. The van der Waals surface area contributed by atoms with Crippen LogP contribution in [-0.4, -0.2) is 39.5 Å². The average molecular weight is 275 g/mol. The highest BCUT2D eigenvalue weighted by Crippen LogP contribution is 2.18. The summed E-state index contributed by atoms with van der Waals surface area (Å²) in [6.07, 6.45) is 4.70. The summed E-state index contributed by atoms with van der Waals surface area (Å²) >= 11 is 0. The van der Waals surface area contributed by atoms with E-state index in [4.69, 9.17) is 0 Å². The molecule has 1 aliphatic rings. The fourth-order valence-corrected chi connectivity index (χ4v) is 2.32. The van der Waals surface area contributed by atoms with Crippen LogP contribution in [0, 0.1) is 0 Å². The number of aryl methyl sites for hydroxylation is 1. The summed E-state index contributed by atoms with van der Waals surface area (Å²) in [4.78, 5) is 25.9.